The van der Waals surface area contributed by atoms with E-state index in [2.05, 4.69) is 30.8 Å². The van der Waals surface area contributed by atoms with Crippen molar-refractivity contribution in [2.45, 2.75) is 71.4 Å². The van der Waals surface area contributed by atoms with Crippen LogP contribution in [0.2, 0.25) is 0 Å². The number of carbonyl (C=O) groups excluding carboxylic acids is 2. The first kappa shape index (κ1) is 24.4. The number of nitrogens with zero attached hydrogens (tertiary/aromatic N) is 4. The molecule has 35 heavy (non-hydrogen) atoms. The maximum absolute atomic E-state index is 13.5. The highest BCUT2D eigenvalue weighted by Gasteiger charge is 2.31. The lowest BCUT2D eigenvalue weighted by atomic mass is 10.1. The fourth-order valence-corrected chi connectivity index (χ4v) is 3.85. The van der Waals surface area contributed by atoms with E-state index >= 15 is 0 Å². The third-order valence-electron chi connectivity index (χ3n) is 5.73. The molecule has 8 heteroatoms. The second kappa shape index (κ2) is 9.52. The SMILES string of the molecule is C=CC(=O)Nc1cccc(CN(C(=O)OC(C)(C)C)c2cc(C3CC3)nc3c(C(C)C)cnn23)c1. The smallest absolute Gasteiger partial charge is 0.416 e. The van der Waals surface area contributed by atoms with E-state index in [0.717, 1.165) is 35.3 Å². The molecular weight excluding hydrogens is 442 g/mol. The molecule has 4 rings (SSSR count). The summed E-state index contributed by atoms with van der Waals surface area (Å²) in [6.07, 6.45) is 4.74. The highest BCUT2D eigenvalue weighted by Crippen LogP contribution is 2.41. The summed E-state index contributed by atoms with van der Waals surface area (Å²) >= 11 is 0. The fraction of sp³-hybridized carbons (Fsp3) is 0.407. The molecule has 0 unspecified atom stereocenters. The minimum atomic E-state index is -0.673. The van der Waals surface area contributed by atoms with Crippen molar-refractivity contribution in [1.82, 2.24) is 14.6 Å². The summed E-state index contributed by atoms with van der Waals surface area (Å²) in [5, 5.41) is 7.38. The Labute approximate surface area is 206 Å². The summed E-state index contributed by atoms with van der Waals surface area (Å²) in [6, 6.07) is 9.32. The van der Waals surface area contributed by atoms with E-state index in [1.165, 1.54) is 6.08 Å². The predicted octanol–water partition coefficient (Wildman–Crippen LogP) is 5.80. The molecule has 1 aliphatic rings. The number of ether oxygens (including phenoxy) is 1. The number of fused-ring (bicyclic) bond motifs is 1. The third kappa shape index (κ3) is 5.70. The predicted molar refractivity (Wildman–Crippen MR) is 137 cm³/mol. The lowest BCUT2D eigenvalue weighted by molar-refractivity contribution is -0.111. The van der Waals surface area contributed by atoms with E-state index < -0.39 is 11.7 Å². The second-order valence-corrected chi connectivity index (χ2v) is 10.3. The van der Waals surface area contributed by atoms with Crippen molar-refractivity contribution in [1.29, 1.82) is 0 Å². The molecule has 8 nitrogen and oxygen atoms in total. The summed E-state index contributed by atoms with van der Waals surface area (Å²) in [4.78, 5) is 31.8. The minimum Gasteiger partial charge on any atom is -0.443 e. The van der Waals surface area contributed by atoms with Gasteiger partial charge in [-0.1, -0.05) is 32.6 Å². The molecule has 0 spiro atoms. The topological polar surface area (TPSA) is 88.8 Å². The normalized spacial score (nSPS) is 13.7. The van der Waals surface area contributed by atoms with Crippen LogP contribution in [0.25, 0.3) is 5.65 Å². The van der Waals surface area contributed by atoms with E-state index in [-0.39, 0.29) is 18.4 Å². The summed E-state index contributed by atoms with van der Waals surface area (Å²) < 4.78 is 7.53. The second-order valence-electron chi connectivity index (χ2n) is 10.3. The molecule has 0 bridgehead atoms. The summed E-state index contributed by atoms with van der Waals surface area (Å²) in [5.41, 5.74) is 3.54. The number of benzene rings is 1. The van der Waals surface area contributed by atoms with Gasteiger partial charge in [0, 0.05) is 28.9 Å². The molecule has 2 heterocycles. The van der Waals surface area contributed by atoms with Crippen LogP contribution in [0.1, 0.15) is 76.1 Å². The first-order valence-electron chi connectivity index (χ1n) is 12.0. The standard InChI is InChI=1S/C27H33N5O3/c1-7-23(33)29-20-10-8-9-18(13-20)16-31(26(34)35-27(4,5)6)24-14-22(19-11-12-19)30-25-21(17(2)3)15-28-32(24)25/h7-10,13-15,17,19H,1,11-12,16H2,2-6H3,(H,29,33). The lowest BCUT2D eigenvalue weighted by Gasteiger charge is -2.28. The number of aromatic nitrogens is 3. The van der Waals surface area contributed by atoms with Gasteiger partial charge in [-0.05, 0) is 63.3 Å². The zero-order valence-corrected chi connectivity index (χ0v) is 21.0. The van der Waals surface area contributed by atoms with E-state index in [1.54, 1.807) is 15.5 Å². The molecule has 1 fully saturated rings. The number of hydrogen-bond donors (Lipinski definition) is 1. The number of rotatable bonds is 7. The first-order chi connectivity index (χ1) is 16.6. The van der Waals surface area contributed by atoms with Crippen LogP contribution < -0.4 is 10.2 Å². The van der Waals surface area contributed by atoms with Crippen molar-refractivity contribution < 1.29 is 14.3 Å². The van der Waals surface area contributed by atoms with Gasteiger partial charge in [-0.25, -0.2) is 9.78 Å². The van der Waals surface area contributed by atoms with Crippen molar-refractivity contribution >= 4 is 29.2 Å². The molecule has 0 atom stereocenters. The van der Waals surface area contributed by atoms with Gasteiger partial charge in [0.15, 0.2) is 5.65 Å². The highest BCUT2D eigenvalue weighted by atomic mass is 16.6. The van der Waals surface area contributed by atoms with Crippen LogP contribution >= 0.6 is 0 Å². The molecule has 2 amide bonds. The number of anilines is 2. The Morgan fingerprint density at radius 2 is 2.03 bits per heavy atom. The maximum atomic E-state index is 13.5. The molecule has 1 aromatic carbocycles. The zero-order valence-electron chi connectivity index (χ0n) is 21.0. The van der Waals surface area contributed by atoms with Gasteiger partial charge in [0.2, 0.25) is 5.91 Å². The molecule has 0 saturated heterocycles. The number of nitrogens with one attached hydrogen (secondary N) is 1. The van der Waals surface area contributed by atoms with Crippen molar-refractivity contribution in [2.75, 3.05) is 10.2 Å². The van der Waals surface area contributed by atoms with Crippen LogP contribution in [0.4, 0.5) is 16.3 Å². The van der Waals surface area contributed by atoms with Crippen LogP contribution in [0.5, 0.6) is 0 Å². The molecule has 3 aromatic rings. The third-order valence-corrected chi connectivity index (χ3v) is 5.73. The fourth-order valence-electron chi connectivity index (χ4n) is 3.85. The van der Waals surface area contributed by atoms with Gasteiger partial charge in [-0.2, -0.15) is 9.61 Å². The Balaban J connectivity index is 1.80. The summed E-state index contributed by atoms with van der Waals surface area (Å²) in [6.45, 7) is 13.5. The van der Waals surface area contributed by atoms with Gasteiger partial charge in [-0.3, -0.25) is 9.69 Å². The molecule has 0 aliphatic heterocycles. The van der Waals surface area contributed by atoms with Gasteiger partial charge in [0.25, 0.3) is 0 Å². The van der Waals surface area contributed by atoms with Crippen LogP contribution in [0, 0.1) is 0 Å². The van der Waals surface area contributed by atoms with E-state index in [1.807, 2.05) is 51.2 Å². The first-order valence-corrected chi connectivity index (χ1v) is 12.0. The van der Waals surface area contributed by atoms with Gasteiger partial charge in [0.1, 0.15) is 11.4 Å². The van der Waals surface area contributed by atoms with Crippen LogP contribution in [-0.4, -0.2) is 32.2 Å². The average molecular weight is 476 g/mol. The largest absolute Gasteiger partial charge is 0.443 e. The number of amides is 2. The maximum Gasteiger partial charge on any atom is 0.416 e. The zero-order chi connectivity index (χ0) is 25.3. The van der Waals surface area contributed by atoms with Gasteiger partial charge in [0.05, 0.1) is 12.7 Å². The van der Waals surface area contributed by atoms with E-state index in [9.17, 15) is 9.59 Å². The lowest BCUT2D eigenvalue weighted by Crippen LogP contribution is -2.37. The molecule has 184 valence electrons. The van der Waals surface area contributed by atoms with Crippen molar-refractivity contribution in [3.63, 3.8) is 0 Å². The van der Waals surface area contributed by atoms with Gasteiger partial charge < -0.3 is 10.1 Å². The molecular formula is C27H33N5O3. The van der Waals surface area contributed by atoms with Crippen LogP contribution in [0.15, 0.2) is 49.2 Å². The minimum absolute atomic E-state index is 0.229. The Kier molecular flexibility index (Phi) is 6.65. The Hall–Kier alpha value is -3.68. The van der Waals surface area contributed by atoms with E-state index in [4.69, 9.17) is 9.72 Å². The molecule has 1 aliphatic carbocycles. The van der Waals surface area contributed by atoms with E-state index in [0.29, 0.717) is 17.4 Å². The average Bonchev–Trinajstić information content (AvgIpc) is 3.54. The Morgan fingerprint density at radius 3 is 2.66 bits per heavy atom. The van der Waals surface area contributed by atoms with Gasteiger partial charge >= 0.3 is 6.09 Å². The highest BCUT2D eigenvalue weighted by molar-refractivity contribution is 5.98. The van der Waals surface area contributed by atoms with Crippen LogP contribution in [-0.2, 0) is 16.1 Å². The monoisotopic (exact) mass is 475 g/mol. The van der Waals surface area contributed by atoms with Crippen molar-refractivity contribution in [3.05, 3.63) is 66.0 Å². The number of hydrogen-bond acceptors (Lipinski definition) is 5. The van der Waals surface area contributed by atoms with Crippen molar-refractivity contribution in [3.8, 4) is 0 Å². The molecule has 1 saturated carbocycles. The summed E-state index contributed by atoms with van der Waals surface area (Å²) in [7, 11) is 0. The Bertz CT molecular complexity index is 1270. The Morgan fingerprint density at radius 1 is 1.29 bits per heavy atom. The summed E-state index contributed by atoms with van der Waals surface area (Å²) in [5.74, 6) is 0.946. The quantitative estimate of drug-likeness (QED) is 0.437. The molecule has 0 radical (unpaired) electrons. The molecule has 1 N–H and O–H groups in total. The van der Waals surface area contributed by atoms with Crippen LogP contribution in [0.3, 0.4) is 0 Å². The van der Waals surface area contributed by atoms with Gasteiger partial charge in [-0.15, -0.1) is 0 Å². The van der Waals surface area contributed by atoms with Crippen molar-refractivity contribution in [2.24, 2.45) is 0 Å². The number of carbonyl (C=O) groups is 2. The molecule has 2 aromatic heterocycles.